The van der Waals surface area contributed by atoms with Crippen LogP contribution in [0.2, 0.25) is 0 Å². The number of carbonyl (C=O) groups is 1. The van der Waals surface area contributed by atoms with Crippen molar-refractivity contribution in [2.24, 2.45) is 0 Å². The summed E-state index contributed by atoms with van der Waals surface area (Å²) in [4.78, 5) is 19.8. The predicted octanol–water partition coefficient (Wildman–Crippen LogP) is 4.95. The maximum atomic E-state index is 13.2. The number of hydrogen-bond acceptors (Lipinski definition) is 5. The smallest absolute Gasteiger partial charge is 0.273 e. The lowest BCUT2D eigenvalue weighted by Gasteiger charge is -2.25. The summed E-state index contributed by atoms with van der Waals surface area (Å²) in [5.74, 6) is 1.56. The largest absolute Gasteiger partial charge is 0.490 e. The van der Waals surface area contributed by atoms with Crippen LogP contribution in [0.3, 0.4) is 0 Å². The Morgan fingerprint density at radius 2 is 1.86 bits per heavy atom. The summed E-state index contributed by atoms with van der Waals surface area (Å²) < 4.78 is 11.6. The molecule has 1 fully saturated rings. The van der Waals surface area contributed by atoms with Crippen molar-refractivity contribution in [2.75, 3.05) is 19.8 Å². The molecule has 5 nitrogen and oxygen atoms in total. The van der Waals surface area contributed by atoms with Crippen LogP contribution in [0, 0.1) is 0 Å². The number of fused-ring (bicyclic) bond motifs is 1. The van der Waals surface area contributed by atoms with Crippen LogP contribution in [0.25, 0.3) is 10.6 Å². The number of hydrogen-bond donors (Lipinski definition) is 0. The molecule has 1 saturated heterocycles. The molecule has 0 radical (unpaired) electrons. The van der Waals surface area contributed by atoms with Crippen molar-refractivity contribution in [1.29, 1.82) is 0 Å². The second-order valence-corrected chi connectivity index (χ2v) is 8.18. The number of benzene rings is 2. The second kappa shape index (κ2) is 7.87. The zero-order chi connectivity index (χ0) is 19.6. The minimum Gasteiger partial charge on any atom is -0.490 e. The van der Waals surface area contributed by atoms with E-state index in [1.54, 1.807) is 0 Å². The molecule has 3 heterocycles. The predicted molar refractivity (Wildman–Crippen MR) is 113 cm³/mol. The van der Waals surface area contributed by atoms with Gasteiger partial charge in [-0.1, -0.05) is 36.4 Å². The van der Waals surface area contributed by atoms with Crippen LogP contribution in [0.15, 0.2) is 53.9 Å². The normalized spacial score (nSPS) is 18.5. The first-order valence-corrected chi connectivity index (χ1v) is 10.9. The highest BCUT2D eigenvalue weighted by atomic mass is 32.1. The maximum Gasteiger partial charge on any atom is 0.273 e. The molecule has 3 aromatic rings. The van der Waals surface area contributed by atoms with E-state index in [4.69, 9.17) is 9.47 Å². The van der Waals surface area contributed by atoms with Gasteiger partial charge in [0, 0.05) is 23.9 Å². The third kappa shape index (κ3) is 3.60. The van der Waals surface area contributed by atoms with Gasteiger partial charge in [-0.2, -0.15) is 0 Å². The van der Waals surface area contributed by atoms with Gasteiger partial charge in [0.2, 0.25) is 0 Å². The van der Waals surface area contributed by atoms with Gasteiger partial charge in [0.15, 0.2) is 11.5 Å². The highest BCUT2D eigenvalue weighted by molar-refractivity contribution is 7.13. The molecule has 5 rings (SSSR count). The molecule has 2 aromatic carbocycles. The minimum atomic E-state index is -0.00181. The highest BCUT2D eigenvalue weighted by Crippen LogP contribution is 2.38. The Labute approximate surface area is 173 Å². The van der Waals surface area contributed by atoms with E-state index >= 15 is 0 Å². The van der Waals surface area contributed by atoms with Crippen molar-refractivity contribution in [3.8, 4) is 22.1 Å². The molecule has 148 valence electrons. The van der Waals surface area contributed by atoms with Crippen molar-refractivity contribution in [3.05, 3.63) is 65.2 Å². The van der Waals surface area contributed by atoms with Crippen LogP contribution in [0.1, 0.15) is 41.4 Å². The molecule has 1 atom stereocenters. The Bertz CT molecular complexity index is 1020. The van der Waals surface area contributed by atoms with Crippen LogP contribution >= 0.6 is 11.3 Å². The molecule has 0 unspecified atom stereocenters. The van der Waals surface area contributed by atoms with E-state index in [0.29, 0.717) is 18.9 Å². The van der Waals surface area contributed by atoms with E-state index in [-0.39, 0.29) is 11.9 Å². The molecule has 6 heteroatoms. The van der Waals surface area contributed by atoms with Gasteiger partial charge in [0.25, 0.3) is 5.91 Å². The average Bonchev–Trinajstić information content (AvgIpc) is 3.39. The number of thiazole rings is 1. The Morgan fingerprint density at radius 3 is 2.72 bits per heavy atom. The van der Waals surface area contributed by atoms with Gasteiger partial charge in [0.05, 0.1) is 19.3 Å². The molecule has 0 aliphatic carbocycles. The van der Waals surface area contributed by atoms with Crippen molar-refractivity contribution >= 4 is 17.2 Å². The number of nitrogens with zero attached hydrogens (tertiary/aromatic N) is 2. The number of ether oxygens (including phenoxy) is 2. The summed E-state index contributed by atoms with van der Waals surface area (Å²) in [6, 6.07) is 16.1. The molecule has 0 spiro atoms. The summed E-state index contributed by atoms with van der Waals surface area (Å²) in [5, 5.41) is 2.74. The minimum absolute atomic E-state index is 0.00181. The fourth-order valence-corrected chi connectivity index (χ4v) is 4.78. The van der Waals surface area contributed by atoms with Crippen LogP contribution in [-0.2, 0) is 0 Å². The van der Waals surface area contributed by atoms with E-state index in [1.165, 1.54) is 11.3 Å². The van der Waals surface area contributed by atoms with Crippen LogP contribution in [-0.4, -0.2) is 35.5 Å². The number of likely N-dealkylation sites (tertiary alicyclic amines) is 1. The first kappa shape index (κ1) is 18.2. The zero-order valence-electron chi connectivity index (χ0n) is 16.0. The standard InChI is InChI=1S/C23H22N2O3S/c26-23(18-15-29-22(24-18)16-6-2-1-3-7-16)25-11-4-8-19(25)17-9-10-20-21(14-17)28-13-5-12-27-20/h1-3,6-7,9-10,14-15,19H,4-5,8,11-13H2/t19-/m0/s1. The summed E-state index contributed by atoms with van der Waals surface area (Å²) in [6.45, 7) is 2.08. The molecule has 1 amide bonds. The van der Waals surface area contributed by atoms with Gasteiger partial charge in [-0.15, -0.1) is 11.3 Å². The van der Waals surface area contributed by atoms with Crippen LogP contribution < -0.4 is 9.47 Å². The van der Waals surface area contributed by atoms with E-state index in [9.17, 15) is 4.79 Å². The summed E-state index contributed by atoms with van der Waals surface area (Å²) in [7, 11) is 0. The molecule has 0 bridgehead atoms. The monoisotopic (exact) mass is 406 g/mol. The summed E-state index contributed by atoms with van der Waals surface area (Å²) >= 11 is 1.51. The Morgan fingerprint density at radius 1 is 1.03 bits per heavy atom. The van der Waals surface area contributed by atoms with Crippen molar-refractivity contribution in [1.82, 2.24) is 9.88 Å². The maximum absolute atomic E-state index is 13.2. The van der Waals surface area contributed by atoms with Gasteiger partial charge < -0.3 is 14.4 Å². The lowest BCUT2D eigenvalue weighted by molar-refractivity contribution is 0.0730. The van der Waals surface area contributed by atoms with E-state index in [1.807, 2.05) is 52.7 Å². The van der Waals surface area contributed by atoms with Crippen LogP contribution in [0.4, 0.5) is 0 Å². The number of carbonyl (C=O) groups excluding carboxylic acids is 1. The van der Waals surface area contributed by atoms with Crippen molar-refractivity contribution in [2.45, 2.75) is 25.3 Å². The highest BCUT2D eigenvalue weighted by Gasteiger charge is 2.32. The Hall–Kier alpha value is -2.86. The third-order valence-corrected chi connectivity index (χ3v) is 6.31. The fourth-order valence-electron chi connectivity index (χ4n) is 3.98. The lowest BCUT2D eigenvalue weighted by Crippen LogP contribution is -2.30. The molecule has 2 aliphatic rings. The van der Waals surface area contributed by atoms with E-state index in [2.05, 4.69) is 11.1 Å². The van der Waals surface area contributed by atoms with Crippen LogP contribution in [0.5, 0.6) is 11.5 Å². The summed E-state index contributed by atoms with van der Waals surface area (Å²) in [6.07, 6.45) is 2.81. The van der Waals surface area contributed by atoms with Gasteiger partial charge in [-0.05, 0) is 30.5 Å². The lowest BCUT2D eigenvalue weighted by atomic mass is 10.0. The Balaban J connectivity index is 1.39. The Kier molecular flexibility index (Phi) is 4.94. The van der Waals surface area contributed by atoms with Gasteiger partial charge in [-0.25, -0.2) is 4.98 Å². The molecular weight excluding hydrogens is 384 g/mol. The molecule has 29 heavy (non-hydrogen) atoms. The second-order valence-electron chi connectivity index (χ2n) is 7.32. The van der Waals surface area contributed by atoms with Gasteiger partial charge >= 0.3 is 0 Å². The third-order valence-electron chi connectivity index (χ3n) is 5.41. The van der Waals surface area contributed by atoms with Crippen molar-refractivity contribution < 1.29 is 14.3 Å². The van der Waals surface area contributed by atoms with E-state index < -0.39 is 0 Å². The number of amides is 1. The number of rotatable bonds is 3. The summed E-state index contributed by atoms with van der Waals surface area (Å²) in [5.41, 5.74) is 2.66. The van der Waals surface area contributed by atoms with Gasteiger partial charge in [0.1, 0.15) is 10.7 Å². The average molecular weight is 407 g/mol. The quantitative estimate of drug-likeness (QED) is 0.618. The fraction of sp³-hybridized carbons (Fsp3) is 0.304. The topological polar surface area (TPSA) is 51.7 Å². The number of aromatic nitrogens is 1. The molecule has 0 saturated carbocycles. The van der Waals surface area contributed by atoms with Crippen molar-refractivity contribution in [3.63, 3.8) is 0 Å². The van der Waals surface area contributed by atoms with Gasteiger partial charge in [-0.3, -0.25) is 4.79 Å². The molecule has 1 aromatic heterocycles. The first-order valence-electron chi connectivity index (χ1n) is 10.0. The zero-order valence-corrected chi connectivity index (χ0v) is 16.9. The molecule has 2 aliphatic heterocycles. The first-order chi connectivity index (χ1) is 14.3. The molecular formula is C23H22N2O3S. The molecule has 0 N–H and O–H groups in total. The SMILES string of the molecule is O=C(c1csc(-c2ccccc2)n1)N1CCC[C@H]1c1ccc2c(c1)OCCCO2. The van der Waals surface area contributed by atoms with E-state index in [0.717, 1.165) is 53.4 Å².